The molecule has 2 heterocycles. The summed E-state index contributed by atoms with van der Waals surface area (Å²) in [7, 11) is 0. The topological polar surface area (TPSA) is 57.8 Å². The summed E-state index contributed by atoms with van der Waals surface area (Å²) in [5.41, 5.74) is 1.10. The van der Waals surface area contributed by atoms with Gasteiger partial charge in [-0.1, -0.05) is 0 Å². The van der Waals surface area contributed by atoms with E-state index < -0.39 is 11.6 Å². The molecule has 0 spiro atoms. The van der Waals surface area contributed by atoms with E-state index in [2.05, 4.69) is 15.3 Å². The van der Waals surface area contributed by atoms with Crippen LogP contribution in [0.3, 0.4) is 0 Å². The summed E-state index contributed by atoms with van der Waals surface area (Å²) < 4.78 is 25.9. The van der Waals surface area contributed by atoms with Gasteiger partial charge >= 0.3 is 0 Å². The number of aryl methyl sites for hydroxylation is 1. The molecule has 0 aliphatic heterocycles. The number of aromatic nitrogens is 2. The highest BCUT2D eigenvalue weighted by atomic mass is 19.1. The van der Waals surface area contributed by atoms with Crippen LogP contribution in [0, 0.1) is 18.6 Å². The van der Waals surface area contributed by atoms with Gasteiger partial charge in [-0.15, -0.1) is 0 Å². The third-order valence-corrected chi connectivity index (χ3v) is 2.32. The van der Waals surface area contributed by atoms with E-state index >= 15 is 0 Å². The molecule has 0 saturated heterocycles. The van der Waals surface area contributed by atoms with Crippen molar-refractivity contribution in [1.29, 1.82) is 0 Å². The zero-order valence-corrected chi connectivity index (χ0v) is 9.63. The summed E-state index contributed by atoms with van der Waals surface area (Å²) in [4.78, 5) is 17.4. The molecule has 0 aliphatic carbocycles. The van der Waals surface area contributed by atoms with Crippen molar-refractivity contribution in [3.63, 3.8) is 0 Å². The Balaban J connectivity index is 2.13. The van der Waals surface area contributed by atoms with Crippen molar-refractivity contribution in [2.75, 3.05) is 5.32 Å². The third kappa shape index (κ3) is 2.91. The Morgan fingerprint density at radius 1 is 1.33 bits per heavy atom. The van der Waals surface area contributed by atoms with Gasteiger partial charge in [0.1, 0.15) is 11.6 Å². The van der Waals surface area contributed by atoms with Gasteiger partial charge in [-0.05, 0) is 13.0 Å². The van der Waals surface area contributed by atoms with Gasteiger partial charge in [0.2, 0.25) is 5.56 Å². The van der Waals surface area contributed by atoms with E-state index in [-0.39, 0.29) is 17.8 Å². The largest absolute Gasteiger partial charge is 0.379 e. The van der Waals surface area contributed by atoms with Gasteiger partial charge in [0.05, 0.1) is 18.4 Å². The number of pyridine rings is 2. The summed E-state index contributed by atoms with van der Waals surface area (Å²) in [6.07, 6.45) is 0.948. The second kappa shape index (κ2) is 4.95. The lowest BCUT2D eigenvalue weighted by Crippen LogP contribution is -2.10. The average Bonchev–Trinajstić information content (AvgIpc) is 2.26. The van der Waals surface area contributed by atoms with E-state index in [1.165, 1.54) is 6.07 Å². The summed E-state index contributed by atoms with van der Waals surface area (Å²) in [5, 5.41) is 2.86. The Morgan fingerprint density at radius 3 is 2.78 bits per heavy atom. The van der Waals surface area contributed by atoms with Crippen molar-refractivity contribution in [3.05, 3.63) is 57.8 Å². The lowest BCUT2D eigenvalue weighted by atomic mass is 10.3. The number of H-pyrrole nitrogens is 1. The zero-order valence-electron chi connectivity index (χ0n) is 9.63. The third-order valence-electron chi connectivity index (χ3n) is 2.32. The first-order valence-corrected chi connectivity index (χ1v) is 5.29. The van der Waals surface area contributed by atoms with Crippen LogP contribution >= 0.6 is 0 Å². The molecule has 18 heavy (non-hydrogen) atoms. The first kappa shape index (κ1) is 12.2. The van der Waals surface area contributed by atoms with Crippen molar-refractivity contribution in [3.8, 4) is 0 Å². The lowest BCUT2D eigenvalue weighted by molar-refractivity contribution is 0.560. The van der Waals surface area contributed by atoms with Crippen LogP contribution in [-0.2, 0) is 6.54 Å². The monoisotopic (exact) mass is 251 g/mol. The predicted octanol–water partition coefficient (Wildman–Crippen LogP) is 1.97. The number of aromatic amines is 1. The molecule has 2 rings (SSSR count). The molecule has 0 aromatic carbocycles. The number of nitrogens with one attached hydrogen (secondary N) is 2. The van der Waals surface area contributed by atoms with Crippen LogP contribution in [0.4, 0.5) is 14.5 Å². The quantitative estimate of drug-likeness (QED) is 0.876. The van der Waals surface area contributed by atoms with E-state index in [0.717, 1.165) is 12.3 Å². The fourth-order valence-electron chi connectivity index (χ4n) is 1.54. The van der Waals surface area contributed by atoms with Crippen LogP contribution in [0.1, 0.15) is 11.4 Å². The van der Waals surface area contributed by atoms with Crippen LogP contribution in [0.2, 0.25) is 0 Å². The molecular formula is C12H11F2N3O. The zero-order chi connectivity index (χ0) is 13.1. The number of halogens is 2. The Bertz CT molecular complexity index is 625. The van der Waals surface area contributed by atoms with E-state index in [9.17, 15) is 13.6 Å². The number of nitrogens with zero attached hydrogens (tertiary/aromatic N) is 1. The van der Waals surface area contributed by atoms with Gasteiger partial charge in [-0.25, -0.2) is 8.78 Å². The molecule has 0 fully saturated rings. The lowest BCUT2D eigenvalue weighted by Gasteiger charge is -2.07. The van der Waals surface area contributed by atoms with Gasteiger partial charge < -0.3 is 10.3 Å². The van der Waals surface area contributed by atoms with E-state index in [1.807, 2.05) is 0 Å². The highest BCUT2D eigenvalue weighted by Crippen LogP contribution is 2.10. The van der Waals surface area contributed by atoms with E-state index in [1.54, 1.807) is 13.0 Å². The number of hydrogen-bond donors (Lipinski definition) is 2. The van der Waals surface area contributed by atoms with Crippen LogP contribution in [-0.4, -0.2) is 9.97 Å². The molecule has 0 radical (unpaired) electrons. The molecule has 0 amide bonds. The average molecular weight is 251 g/mol. The normalized spacial score (nSPS) is 10.4. The molecule has 2 aromatic heterocycles. The SMILES string of the molecule is Cc1cc(NCc2ncc(F)cc2F)cc(=O)[nH]1. The van der Waals surface area contributed by atoms with Gasteiger partial charge in [0.25, 0.3) is 0 Å². The van der Waals surface area contributed by atoms with Crippen LogP contribution in [0.15, 0.2) is 29.2 Å². The van der Waals surface area contributed by atoms with Crippen LogP contribution in [0.5, 0.6) is 0 Å². The maximum Gasteiger partial charge on any atom is 0.250 e. The van der Waals surface area contributed by atoms with Crippen LogP contribution in [0.25, 0.3) is 0 Å². The maximum absolute atomic E-state index is 13.3. The standard InChI is InChI=1S/C12H11F2N3O/c1-7-2-9(4-12(18)17-7)15-6-11-10(14)3-8(13)5-16-11/h2-5H,6H2,1H3,(H2,15,17,18). The second-order valence-corrected chi connectivity index (χ2v) is 3.85. The minimum atomic E-state index is -0.719. The van der Waals surface area contributed by atoms with Gasteiger partial charge in [0.15, 0.2) is 0 Å². The summed E-state index contributed by atoms with van der Waals surface area (Å²) >= 11 is 0. The summed E-state index contributed by atoms with van der Waals surface area (Å²) in [6, 6.07) is 3.84. The Labute approximate surface area is 102 Å². The minimum Gasteiger partial charge on any atom is -0.379 e. The summed E-state index contributed by atoms with van der Waals surface area (Å²) in [5.74, 6) is -1.44. The van der Waals surface area contributed by atoms with Crippen molar-refractivity contribution in [2.45, 2.75) is 13.5 Å². The molecule has 0 unspecified atom stereocenters. The van der Waals surface area contributed by atoms with E-state index in [4.69, 9.17) is 0 Å². The van der Waals surface area contributed by atoms with E-state index in [0.29, 0.717) is 11.4 Å². The van der Waals surface area contributed by atoms with Gasteiger partial charge in [-0.2, -0.15) is 0 Å². The molecule has 0 atom stereocenters. The number of rotatable bonds is 3. The Hall–Kier alpha value is -2.24. The van der Waals surface area contributed by atoms with Gasteiger partial charge in [0, 0.05) is 23.5 Å². The molecule has 0 aliphatic rings. The number of anilines is 1. The molecule has 6 heteroatoms. The predicted molar refractivity (Wildman–Crippen MR) is 63.3 cm³/mol. The maximum atomic E-state index is 13.3. The highest BCUT2D eigenvalue weighted by Gasteiger charge is 2.05. The Morgan fingerprint density at radius 2 is 2.11 bits per heavy atom. The fourth-order valence-corrected chi connectivity index (χ4v) is 1.54. The summed E-state index contributed by atoms with van der Waals surface area (Å²) in [6.45, 7) is 1.82. The van der Waals surface area contributed by atoms with Crippen molar-refractivity contribution in [1.82, 2.24) is 9.97 Å². The second-order valence-electron chi connectivity index (χ2n) is 3.85. The van der Waals surface area contributed by atoms with Crippen molar-refractivity contribution in [2.24, 2.45) is 0 Å². The van der Waals surface area contributed by atoms with Gasteiger partial charge in [-0.3, -0.25) is 9.78 Å². The molecule has 94 valence electrons. The first-order valence-electron chi connectivity index (χ1n) is 5.29. The smallest absolute Gasteiger partial charge is 0.250 e. The van der Waals surface area contributed by atoms with Crippen molar-refractivity contribution >= 4 is 5.69 Å². The fraction of sp³-hybridized carbons (Fsp3) is 0.167. The minimum absolute atomic E-state index is 0.0784. The Kier molecular flexibility index (Phi) is 3.36. The highest BCUT2D eigenvalue weighted by molar-refractivity contribution is 5.43. The first-order chi connectivity index (χ1) is 8.54. The molecule has 0 saturated carbocycles. The molecule has 4 nitrogen and oxygen atoms in total. The number of hydrogen-bond acceptors (Lipinski definition) is 3. The van der Waals surface area contributed by atoms with Crippen LogP contribution < -0.4 is 10.9 Å². The molecular weight excluding hydrogens is 240 g/mol. The van der Waals surface area contributed by atoms with Crippen molar-refractivity contribution < 1.29 is 8.78 Å². The molecule has 2 aromatic rings. The molecule has 2 N–H and O–H groups in total. The molecule has 0 bridgehead atoms.